The van der Waals surface area contributed by atoms with Crippen molar-refractivity contribution in [1.82, 2.24) is 0 Å². The Balaban J connectivity index is 4.14. The van der Waals surface area contributed by atoms with Crippen LogP contribution in [0.2, 0.25) is 36.3 Å². The van der Waals surface area contributed by atoms with Gasteiger partial charge in [0.25, 0.3) is 0 Å². The summed E-state index contributed by atoms with van der Waals surface area (Å²) in [5.74, 6) is 0.368. The molecule has 104 valence electrons. The lowest BCUT2D eigenvalue weighted by molar-refractivity contribution is 0.565. The van der Waals surface area contributed by atoms with Gasteiger partial charge in [-0.05, 0) is 42.2 Å². The normalized spacial score (nSPS) is 15.0. The number of halogens is 2. The van der Waals surface area contributed by atoms with Crippen LogP contribution in [0.1, 0.15) is 41.0 Å². The molecule has 0 aliphatic carbocycles. The lowest BCUT2D eigenvalue weighted by Crippen LogP contribution is -2.30. The summed E-state index contributed by atoms with van der Waals surface area (Å²) in [6.07, 6.45) is 0.892. The number of hydrogen-bond donors (Lipinski definition) is 0. The Morgan fingerprint density at radius 3 is 1.59 bits per heavy atom. The first-order valence-corrected chi connectivity index (χ1v) is 12.2. The van der Waals surface area contributed by atoms with Gasteiger partial charge in [-0.2, -0.15) is 0 Å². The van der Waals surface area contributed by atoms with Crippen LogP contribution in [0.15, 0.2) is 0 Å². The molecule has 0 amide bonds. The van der Waals surface area contributed by atoms with E-state index in [1.54, 1.807) is 0 Å². The molecule has 0 aromatic carbocycles. The van der Waals surface area contributed by atoms with Crippen molar-refractivity contribution in [2.24, 2.45) is 5.92 Å². The molecule has 0 bridgehead atoms. The van der Waals surface area contributed by atoms with Crippen LogP contribution < -0.4 is 0 Å². The van der Waals surface area contributed by atoms with E-state index in [2.05, 4.69) is 6.92 Å². The molecule has 0 saturated heterocycles. The lowest BCUT2D eigenvalue weighted by Gasteiger charge is -2.25. The molecule has 0 aliphatic rings. The maximum Gasteiger partial charge on any atom is 0.246 e. The van der Waals surface area contributed by atoms with Gasteiger partial charge in [-0.3, -0.25) is 0 Å². The molecule has 0 rings (SSSR count). The van der Waals surface area contributed by atoms with Gasteiger partial charge >= 0.3 is 0 Å². The van der Waals surface area contributed by atoms with Crippen molar-refractivity contribution in [1.29, 1.82) is 0 Å². The van der Waals surface area contributed by atoms with Gasteiger partial charge in [0.1, 0.15) is 0 Å². The molecular formula is C13H30F2Si2. The Hall–Kier alpha value is 0.294. The van der Waals surface area contributed by atoms with Crippen molar-refractivity contribution >= 4 is 16.8 Å². The van der Waals surface area contributed by atoms with E-state index in [0.717, 1.165) is 30.6 Å². The molecule has 0 nitrogen and oxygen atoms in total. The standard InChI is InChI=1S/C13H30F2Si2/c1-6-16(14,7-2)11-10-13(5)12-17(15,8-3)9-4/h13H,6-12H2,1-5H3. The fourth-order valence-corrected chi connectivity index (χ4v) is 7.12. The summed E-state index contributed by atoms with van der Waals surface area (Å²) in [7, 11) is -4.95. The van der Waals surface area contributed by atoms with Crippen LogP contribution in [-0.4, -0.2) is 16.8 Å². The van der Waals surface area contributed by atoms with Crippen molar-refractivity contribution in [2.75, 3.05) is 0 Å². The van der Waals surface area contributed by atoms with Crippen molar-refractivity contribution in [3.8, 4) is 0 Å². The Kier molecular flexibility index (Phi) is 7.80. The van der Waals surface area contributed by atoms with E-state index in [-0.39, 0.29) is 0 Å². The highest BCUT2D eigenvalue weighted by atomic mass is 28.4. The second-order valence-corrected chi connectivity index (χ2v) is 13.9. The van der Waals surface area contributed by atoms with Gasteiger partial charge in [0.2, 0.25) is 16.8 Å². The van der Waals surface area contributed by atoms with Crippen molar-refractivity contribution in [2.45, 2.75) is 77.3 Å². The molecule has 0 N–H and O–H groups in total. The second kappa shape index (κ2) is 7.67. The molecule has 0 fully saturated rings. The third-order valence-corrected chi connectivity index (χ3v) is 12.0. The minimum absolute atomic E-state index is 0.368. The fraction of sp³-hybridized carbons (Fsp3) is 1.00. The van der Waals surface area contributed by atoms with Gasteiger partial charge < -0.3 is 8.22 Å². The molecule has 0 aromatic heterocycles. The van der Waals surface area contributed by atoms with Gasteiger partial charge in [0.15, 0.2) is 0 Å². The summed E-state index contributed by atoms with van der Waals surface area (Å²) in [6, 6.07) is 4.34. The zero-order chi connectivity index (χ0) is 13.5. The molecule has 1 unspecified atom stereocenters. The van der Waals surface area contributed by atoms with E-state index in [9.17, 15) is 8.22 Å². The molecule has 17 heavy (non-hydrogen) atoms. The largest absolute Gasteiger partial charge is 0.314 e. The summed E-state index contributed by atoms with van der Waals surface area (Å²) in [4.78, 5) is 0. The van der Waals surface area contributed by atoms with Gasteiger partial charge in [-0.15, -0.1) is 0 Å². The average Bonchev–Trinajstić information content (AvgIpc) is 2.35. The van der Waals surface area contributed by atoms with Crippen molar-refractivity contribution in [3.63, 3.8) is 0 Å². The fourth-order valence-electron chi connectivity index (χ4n) is 2.37. The quantitative estimate of drug-likeness (QED) is 0.363. The van der Waals surface area contributed by atoms with E-state index in [4.69, 9.17) is 0 Å². The van der Waals surface area contributed by atoms with Crippen LogP contribution in [0.3, 0.4) is 0 Å². The Morgan fingerprint density at radius 2 is 1.24 bits per heavy atom. The van der Waals surface area contributed by atoms with Crippen LogP contribution in [0.5, 0.6) is 0 Å². The SMILES string of the molecule is CC[Si](F)(CC)CCC(C)C[Si](F)(CC)CC. The van der Waals surface area contributed by atoms with Crippen molar-refractivity contribution in [3.05, 3.63) is 0 Å². The minimum Gasteiger partial charge on any atom is -0.314 e. The lowest BCUT2D eigenvalue weighted by atomic mass is 10.2. The first kappa shape index (κ1) is 17.3. The van der Waals surface area contributed by atoms with E-state index in [0.29, 0.717) is 18.0 Å². The first-order chi connectivity index (χ1) is 7.84. The molecule has 4 heteroatoms. The van der Waals surface area contributed by atoms with Gasteiger partial charge in [-0.1, -0.05) is 41.0 Å². The third kappa shape index (κ3) is 6.14. The van der Waals surface area contributed by atoms with Gasteiger partial charge in [0.05, 0.1) is 0 Å². The zero-order valence-corrected chi connectivity index (χ0v) is 14.3. The summed E-state index contributed by atoms with van der Waals surface area (Å²) >= 11 is 0. The molecule has 0 heterocycles. The van der Waals surface area contributed by atoms with Crippen LogP contribution in [0.4, 0.5) is 8.22 Å². The predicted octanol–water partition coefficient (Wildman–Crippen LogP) is 5.92. The van der Waals surface area contributed by atoms with Gasteiger partial charge in [0, 0.05) is 0 Å². The Labute approximate surface area is 109 Å². The number of rotatable bonds is 9. The average molecular weight is 281 g/mol. The zero-order valence-electron chi connectivity index (χ0n) is 12.3. The monoisotopic (exact) mass is 280 g/mol. The van der Waals surface area contributed by atoms with Crippen LogP contribution in [0, 0.1) is 5.92 Å². The Morgan fingerprint density at radius 1 is 0.824 bits per heavy atom. The molecule has 0 aromatic rings. The highest BCUT2D eigenvalue weighted by Gasteiger charge is 2.34. The van der Waals surface area contributed by atoms with Crippen molar-refractivity contribution < 1.29 is 8.22 Å². The molecule has 1 atom stereocenters. The minimum atomic E-state index is -2.48. The van der Waals surface area contributed by atoms with E-state index < -0.39 is 16.8 Å². The highest BCUT2D eigenvalue weighted by molar-refractivity contribution is 6.73. The van der Waals surface area contributed by atoms with Crippen LogP contribution >= 0.6 is 0 Å². The molecule has 0 aliphatic heterocycles. The number of hydrogen-bond acceptors (Lipinski definition) is 0. The summed E-state index contributed by atoms with van der Waals surface area (Å²) < 4.78 is 28.6. The van der Waals surface area contributed by atoms with E-state index in [1.807, 2.05) is 27.7 Å². The summed E-state index contributed by atoms with van der Waals surface area (Å²) in [5, 5.41) is 0. The Bertz CT molecular complexity index is 202. The summed E-state index contributed by atoms with van der Waals surface area (Å²) in [5.41, 5.74) is 0. The van der Waals surface area contributed by atoms with Gasteiger partial charge in [-0.25, -0.2) is 0 Å². The topological polar surface area (TPSA) is 0 Å². The van der Waals surface area contributed by atoms with Crippen LogP contribution in [0.25, 0.3) is 0 Å². The molecular weight excluding hydrogens is 250 g/mol. The third-order valence-electron chi connectivity index (χ3n) is 4.33. The molecule has 0 spiro atoms. The van der Waals surface area contributed by atoms with Crippen LogP contribution in [-0.2, 0) is 0 Å². The maximum absolute atomic E-state index is 14.3. The van der Waals surface area contributed by atoms with E-state index in [1.165, 1.54) is 0 Å². The molecule has 0 saturated carbocycles. The second-order valence-electron chi connectivity index (χ2n) is 5.56. The smallest absolute Gasteiger partial charge is 0.246 e. The summed E-state index contributed by atoms with van der Waals surface area (Å²) in [6.45, 7) is 9.97. The predicted molar refractivity (Wildman–Crippen MR) is 79.0 cm³/mol. The molecule has 0 radical (unpaired) electrons. The first-order valence-electron chi connectivity index (χ1n) is 7.22. The highest BCUT2D eigenvalue weighted by Crippen LogP contribution is 2.32. The van der Waals surface area contributed by atoms with E-state index >= 15 is 0 Å². The maximum atomic E-state index is 14.3.